The van der Waals surface area contributed by atoms with Crippen LogP contribution in [-0.2, 0) is 4.74 Å². The summed E-state index contributed by atoms with van der Waals surface area (Å²) in [6, 6.07) is 7.47. The van der Waals surface area contributed by atoms with Gasteiger partial charge in [0.25, 0.3) is 0 Å². The zero-order valence-corrected chi connectivity index (χ0v) is 14.1. The molecule has 0 saturated carbocycles. The van der Waals surface area contributed by atoms with Crippen molar-refractivity contribution in [1.29, 1.82) is 0 Å². The second kappa shape index (κ2) is 4.44. The normalized spacial score (nSPS) is 40.3. The van der Waals surface area contributed by atoms with E-state index in [9.17, 15) is 0 Å². The van der Waals surface area contributed by atoms with Gasteiger partial charge < -0.3 is 14.5 Å². The molecule has 0 aliphatic carbocycles. The van der Waals surface area contributed by atoms with E-state index in [0.717, 1.165) is 18.9 Å². The van der Waals surface area contributed by atoms with Crippen molar-refractivity contribution in [3.63, 3.8) is 0 Å². The number of piperidine rings is 3. The summed E-state index contributed by atoms with van der Waals surface area (Å²) in [5.41, 5.74) is 5.61. The Morgan fingerprint density at radius 3 is 3.12 bits per heavy atom. The molecule has 4 heteroatoms. The lowest BCUT2D eigenvalue weighted by atomic mass is 9.64. The van der Waals surface area contributed by atoms with Gasteiger partial charge in [-0.2, -0.15) is 0 Å². The second-order valence-electron chi connectivity index (χ2n) is 7.67. The number of nitrogens with zero attached hydrogens (tertiary/aromatic N) is 1. The van der Waals surface area contributed by atoms with E-state index in [1.54, 1.807) is 12.7 Å². The van der Waals surface area contributed by atoms with Gasteiger partial charge in [-0.15, -0.1) is 0 Å². The minimum Gasteiger partial charge on any atom is -0.497 e. The zero-order chi connectivity index (χ0) is 16.0. The lowest BCUT2D eigenvalue weighted by Gasteiger charge is -2.56. The van der Waals surface area contributed by atoms with E-state index in [-0.39, 0.29) is 6.10 Å². The van der Waals surface area contributed by atoms with Gasteiger partial charge in [0.1, 0.15) is 11.9 Å². The highest BCUT2D eigenvalue weighted by Gasteiger charge is 2.59. The van der Waals surface area contributed by atoms with E-state index >= 15 is 0 Å². The van der Waals surface area contributed by atoms with Gasteiger partial charge in [-0.1, -0.05) is 11.6 Å². The van der Waals surface area contributed by atoms with Gasteiger partial charge in [-0.3, -0.25) is 4.90 Å². The molecule has 4 nitrogen and oxygen atoms in total. The Labute approximate surface area is 141 Å². The van der Waals surface area contributed by atoms with Crippen LogP contribution in [-0.4, -0.2) is 36.2 Å². The number of hydrogen-bond donors (Lipinski definition) is 1. The second-order valence-corrected chi connectivity index (χ2v) is 7.67. The Bertz CT molecular complexity index is 883. The molecule has 1 aromatic heterocycles. The van der Waals surface area contributed by atoms with E-state index in [1.165, 1.54) is 28.6 Å². The third-order valence-electron chi connectivity index (χ3n) is 6.90. The monoisotopic (exact) mass is 322 g/mol. The summed E-state index contributed by atoms with van der Waals surface area (Å²) in [5.74, 6) is 2.28. The number of allylic oxidation sites excluding steroid dienone is 1. The summed E-state index contributed by atoms with van der Waals surface area (Å²) in [6.45, 7) is 4.22. The van der Waals surface area contributed by atoms with Gasteiger partial charge in [-0.05, 0) is 31.4 Å². The topological polar surface area (TPSA) is 37.5 Å². The van der Waals surface area contributed by atoms with Crippen molar-refractivity contribution in [3.8, 4) is 5.75 Å². The number of methoxy groups -OCH3 is 1. The molecule has 6 heterocycles. The van der Waals surface area contributed by atoms with Crippen molar-refractivity contribution >= 4 is 10.9 Å². The molecule has 4 saturated heterocycles. The van der Waals surface area contributed by atoms with Crippen LogP contribution < -0.4 is 4.74 Å². The van der Waals surface area contributed by atoms with Crippen LogP contribution in [0, 0.1) is 11.8 Å². The van der Waals surface area contributed by atoms with E-state index in [4.69, 9.17) is 9.47 Å². The quantitative estimate of drug-likeness (QED) is 0.816. The summed E-state index contributed by atoms with van der Waals surface area (Å²) in [4.78, 5) is 6.44. The maximum Gasteiger partial charge on any atom is 0.120 e. The third kappa shape index (κ3) is 1.43. The van der Waals surface area contributed by atoms with Crippen molar-refractivity contribution in [2.24, 2.45) is 11.8 Å². The van der Waals surface area contributed by atoms with Gasteiger partial charge in [-0.25, -0.2) is 0 Å². The molecule has 0 amide bonds. The predicted octanol–water partition coefficient (Wildman–Crippen LogP) is 3.57. The minimum absolute atomic E-state index is 0.226. The largest absolute Gasteiger partial charge is 0.497 e. The first-order valence-corrected chi connectivity index (χ1v) is 9.02. The fourth-order valence-corrected chi connectivity index (χ4v) is 5.90. The minimum atomic E-state index is 0.226. The van der Waals surface area contributed by atoms with Crippen LogP contribution in [0.4, 0.5) is 0 Å². The van der Waals surface area contributed by atoms with Gasteiger partial charge >= 0.3 is 0 Å². The first-order valence-electron chi connectivity index (χ1n) is 9.02. The van der Waals surface area contributed by atoms with E-state index < -0.39 is 0 Å². The van der Waals surface area contributed by atoms with Crippen LogP contribution in [0.1, 0.15) is 36.7 Å². The summed E-state index contributed by atoms with van der Waals surface area (Å²) in [6.07, 6.45) is 3.80. The van der Waals surface area contributed by atoms with Crippen molar-refractivity contribution in [3.05, 3.63) is 41.1 Å². The first-order chi connectivity index (χ1) is 11.8. The Morgan fingerprint density at radius 2 is 2.29 bits per heavy atom. The fraction of sp³-hybridized carbons (Fsp3) is 0.500. The van der Waals surface area contributed by atoms with Crippen LogP contribution in [0.5, 0.6) is 5.75 Å². The van der Waals surface area contributed by atoms with Crippen LogP contribution in [0.3, 0.4) is 0 Å². The van der Waals surface area contributed by atoms with Crippen LogP contribution in [0.25, 0.3) is 10.9 Å². The van der Waals surface area contributed by atoms with E-state index in [2.05, 4.69) is 41.1 Å². The molecule has 4 bridgehead atoms. The van der Waals surface area contributed by atoms with Crippen molar-refractivity contribution < 1.29 is 9.47 Å². The molecule has 1 unspecified atom stereocenters. The highest BCUT2D eigenvalue weighted by atomic mass is 16.5. The number of rotatable bonds is 1. The van der Waals surface area contributed by atoms with Crippen molar-refractivity contribution in [2.75, 3.05) is 20.3 Å². The van der Waals surface area contributed by atoms with Crippen LogP contribution >= 0.6 is 0 Å². The number of hydrogen-bond acceptors (Lipinski definition) is 3. The average Bonchev–Trinajstić information content (AvgIpc) is 3.23. The molecule has 6 atom stereocenters. The van der Waals surface area contributed by atoms with Crippen molar-refractivity contribution in [1.82, 2.24) is 9.88 Å². The Morgan fingerprint density at radius 1 is 1.38 bits per heavy atom. The van der Waals surface area contributed by atoms with Gasteiger partial charge in [0.2, 0.25) is 0 Å². The number of nitrogens with one attached hydrogen (secondary N) is 1. The molecule has 5 aliphatic heterocycles. The number of aromatic nitrogens is 1. The third-order valence-corrected chi connectivity index (χ3v) is 6.90. The Kier molecular flexibility index (Phi) is 2.50. The molecular weight excluding hydrogens is 300 g/mol. The number of H-pyrrole nitrogens is 1. The summed E-state index contributed by atoms with van der Waals surface area (Å²) < 4.78 is 11.8. The highest BCUT2D eigenvalue weighted by molar-refractivity contribution is 5.87. The smallest absolute Gasteiger partial charge is 0.120 e. The average molecular weight is 322 g/mol. The number of ether oxygens (including phenoxy) is 2. The first kappa shape index (κ1) is 13.5. The van der Waals surface area contributed by atoms with Gasteiger partial charge in [0.05, 0.1) is 19.8 Å². The fourth-order valence-electron chi connectivity index (χ4n) is 5.90. The molecular formula is C20H22N2O2. The highest BCUT2D eigenvalue weighted by Crippen LogP contribution is 2.60. The predicted molar refractivity (Wildman–Crippen MR) is 92.1 cm³/mol. The molecule has 0 spiro atoms. The molecule has 4 fully saturated rings. The maximum absolute atomic E-state index is 6.39. The van der Waals surface area contributed by atoms with Gasteiger partial charge in [0, 0.05) is 46.7 Å². The molecule has 7 rings (SSSR count). The molecule has 2 aromatic rings. The van der Waals surface area contributed by atoms with E-state index in [1.807, 2.05) is 0 Å². The van der Waals surface area contributed by atoms with E-state index in [0.29, 0.717) is 23.9 Å². The lowest BCUT2D eigenvalue weighted by Crippen LogP contribution is -2.59. The number of fused-ring (bicyclic) bond motifs is 5. The number of benzene rings is 1. The molecule has 24 heavy (non-hydrogen) atoms. The summed E-state index contributed by atoms with van der Waals surface area (Å²) in [5, 5.41) is 1.32. The zero-order valence-electron chi connectivity index (χ0n) is 14.1. The lowest BCUT2D eigenvalue weighted by molar-refractivity contribution is -0.0332. The molecule has 5 aliphatic rings. The molecule has 124 valence electrons. The van der Waals surface area contributed by atoms with Crippen LogP contribution in [0.2, 0.25) is 0 Å². The Balaban J connectivity index is 1.59. The summed E-state index contributed by atoms with van der Waals surface area (Å²) >= 11 is 0. The Hall–Kier alpha value is -1.78. The number of aromatic amines is 1. The SMILES string of the molecule is C/C=C1/CN2[C@@H]3[C@H]4CO[C@@H]3c3c([nH]c5cc(OC)ccc35)[C@@H]2C[C@H]14. The molecule has 1 N–H and O–H groups in total. The molecule has 0 radical (unpaired) electrons. The van der Waals surface area contributed by atoms with Gasteiger partial charge in [0.15, 0.2) is 0 Å². The standard InChI is InChI=1S/C20H22N2O2/c1-3-10-8-22-16-7-13(10)14-9-24-20(19(14)22)17-12-5-4-11(23-2)6-15(12)21-18(16)17/h3-6,13-14,16,19-21H,7-9H2,1-2H3/b10-3-/t13-,14+,16+,19-,20-/m1/s1. The summed E-state index contributed by atoms with van der Waals surface area (Å²) in [7, 11) is 1.73. The maximum atomic E-state index is 6.39. The van der Waals surface area contributed by atoms with Crippen molar-refractivity contribution in [2.45, 2.75) is 31.5 Å². The van der Waals surface area contributed by atoms with Crippen LogP contribution in [0.15, 0.2) is 29.8 Å². The molecule has 1 aromatic carbocycles.